The van der Waals surface area contributed by atoms with Crippen LogP contribution < -0.4 is 10.1 Å². The third-order valence-electron chi connectivity index (χ3n) is 2.64. The molecule has 0 aliphatic carbocycles. The summed E-state index contributed by atoms with van der Waals surface area (Å²) >= 11 is 0. The molecule has 0 saturated heterocycles. The Labute approximate surface area is 107 Å². The predicted octanol–water partition coefficient (Wildman–Crippen LogP) is 2.40. The first-order valence-electron chi connectivity index (χ1n) is 6.34. The maximum atomic E-state index is 5.76. The lowest BCUT2D eigenvalue weighted by atomic mass is 10.2. The van der Waals surface area contributed by atoms with Crippen LogP contribution >= 0.6 is 0 Å². The molecule has 0 fully saturated rings. The highest BCUT2D eigenvalue weighted by Gasteiger charge is 2.02. The fourth-order valence-corrected chi connectivity index (χ4v) is 1.74. The van der Waals surface area contributed by atoms with Crippen molar-refractivity contribution < 1.29 is 4.74 Å². The molecule has 0 spiro atoms. The van der Waals surface area contributed by atoms with Gasteiger partial charge in [0.25, 0.3) is 0 Å². The van der Waals surface area contributed by atoms with Crippen molar-refractivity contribution in [2.24, 2.45) is 0 Å². The molecule has 18 heavy (non-hydrogen) atoms. The van der Waals surface area contributed by atoms with Gasteiger partial charge in [-0.15, -0.1) is 0 Å². The fraction of sp³-hybridized carbons (Fsp3) is 0.429. The van der Waals surface area contributed by atoms with Gasteiger partial charge in [-0.1, -0.05) is 26.0 Å². The van der Waals surface area contributed by atoms with Gasteiger partial charge in [-0.2, -0.15) is 10.2 Å². The van der Waals surface area contributed by atoms with Crippen LogP contribution in [0.2, 0.25) is 0 Å². The summed E-state index contributed by atoms with van der Waals surface area (Å²) in [7, 11) is 0. The molecule has 4 nitrogen and oxygen atoms in total. The number of nitrogens with one attached hydrogen (secondary N) is 1. The van der Waals surface area contributed by atoms with E-state index in [1.54, 1.807) is 6.20 Å². The highest BCUT2D eigenvalue weighted by Crippen LogP contribution is 2.21. The lowest BCUT2D eigenvalue weighted by Crippen LogP contribution is -2.24. The van der Waals surface area contributed by atoms with Crippen molar-refractivity contribution in [1.29, 1.82) is 0 Å². The van der Waals surface area contributed by atoms with Gasteiger partial charge in [0.15, 0.2) is 0 Å². The van der Waals surface area contributed by atoms with Crippen molar-refractivity contribution in [3.63, 3.8) is 0 Å². The molecule has 0 radical (unpaired) electrons. The van der Waals surface area contributed by atoms with Crippen LogP contribution in [-0.4, -0.2) is 29.4 Å². The zero-order valence-corrected chi connectivity index (χ0v) is 10.9. The molecule has 4 heteroatoms. The summed E-state index contributed by atoms with van der Waals surface area (Å²) in [6.45, 7) is 5.94. The Balaban J connectivity index is 1.91. The summed E-state index contributed by atoms with van der Waals surface area (Å²) in [5.41, 5.74) is 0.871. The number of ether oxygens (including phenoxy) is 1. The van der Waals surface area contributed by atoms with Crippen LogP contribution in [0.1, 0.15) is 20.3 Å². The minimum Gasteiger partial charge on any atom is -0.491 e. The van der Waals surface area contributed by atoms with Crippen molar-refractivity contribution >= 4 is 10.9 Å². The van der Waals surface area contributed by atoms with Crippen LogP contribution in [0, 0.1) is 0 Å². The molecule has 1 aromatic carbocycles. The second kappa shape index (κ2) is 6.31. The largest absolute Gasteiger partial charge is 0.491 e. The molecule has 0 saturated carbocycles. The van der Waals surface area contributed by atoms with Gasteiger partial charge in [-0.05, 0) is 25.1 Å². The molecule has 0 amide bonds. The van der Waals surface area contributed by atoms with Crippen molar-refractivity contribution in [2.75, 3.05) is 13.2 Å². The number of aromatic nitrogens is 2. The quantitative estimate of drug-likeness (QED) is 0.794. The second-order valence-electron chi connectivity index (χ2n) is 4.54. The fourth-order valence-electron chi connectivity index (χ4n) is 1.74. The zero-order chi connectivity index (χ0) is 12.8. The van der Waals surface area contributed by atoms with E-state index in [1.807, 2.05) is 24.3 Å². The standard InChI is InChI=1S/C14H19N3O/c1-11(2)15-8-5-9-18-14-10-16-17-13-7-4-3-6-12(13)14/h3-4,6-7,10-11,15H,5,8-9H2,1-2H3. The summed E-state index contributed by atoms with van der Waals surface area (Å²) in [4.78, 5) is 0. The number of hydrogen-bond donors (Lipinski definition) is 1. The maximum Gasteiger partial charge on any atom is 0.148 e. The molecule has 1 N–H and O–H groups in total. The lowest BCUT2D eigenvalue weighted by molar-refractivity contribution is 0.308. The number of fused-ring (bicyclic) bond motifs is 1. The van der Waals surface area contributed by atoms with E-state index in [0.29, 0.717) is 12.6 Å². The summed E-state index contributed by atoms with van der Waals surface area (Å²) in [6, 6.07) is 8.40. The first kappa shape index (κ1) is 12.8. The van der Waals surface area contributed by atoms with Gasteiger partial charge in [0, 0.05) is 11.4 Å². The molecule has 2 rings (SSSR count). The Kier molecular flexibility index (Phi) is 4.47. The lowest BCUT2D eigenvalue weighted by Gasteiger charge is -2.10. The average Bonchev–Trinajstić information content (AvgIpc) is 2.38. The van der Waals surface area contributed by atoms with Crippen molar-refractivity contribution in [3.8, 4) is 5.75 Å². The van der Waals surface area contributed by atoms with Crippen LogP contribution in [0.15, 0.2) is 30.5 Å². The maximum absolute atomic E-state index is 5.76. The van der Waals surface area contributed by atoms with E-state index in [-0.39, 0.29) is 0 Å². The molecule has 0 bridgehead atoms. The van der Waals surface area contributed by atoms with Crippen LogP contribution in [0.3, 0.4) is 0 Å². The second-order valence-corrected chi connectivity index (χ2v) is 4.54. The van der Waals surface area contributed by atoms with Crippen molar-refractivity contribution in [3.05, 3.63) is 30.5 Å². The number of hydrogen-bond acceptors (Lipinski definition) is 4. The molecule has 0 atom stereocenters. The molecule has 1 heterocycles. The van der Waals surface area contributed by atoms with Crippen LogP contribution in [0.4, 0.5) is 0 Å². The van der Waals surface area contributed by atoms with E-state index >= 15 is 0 Å². The van der Waals surface area contributed by atoms with E-state index in [2.05, 4.69) is 29.4 Å². The van der Waals surface area contributed by atoms with Gasteiger partial charge >= 0.3 is 0 Å². The molecular formula is C14H19N3O. The van der Waals surface area contributed by atoms with Crippen LogP contribution in [0.5, 0.6) is 5.75 Å². The highest BCUT2D eigenvalue weighted by atomic mass is 16.5. The summed E-state index contributed by atoms with van der Waals surface area (Å²) in [5.74, 6) is 0.810. The Morgan fingerprint density at radius 3 is 2.94 bits per heavy atom. The summed E-state index contributed by atoms with van der Waals surface area (Å²) in [6.07, 6.45) is 2.66. The normalized spacial score (nSPS) is 11.1. The molecule has 1 aromatic heterocycles. The van der Waals surface area contributed by atoms with Gasteiger partial charge in [-0.25, -0.2) is 0 Å². The molecule has 96 valence electrons. The van der Waals surface area contributed by atoms with Gasteiger partial charge < -0.3 is 10.1 Å². The predicted molar refractivity (Wildman–Crippen MR) is 72.8 cm³/mol. The van der Waals surface area contributed by atoms with Gasteiger partial charge in [0.05, 0.1) is 18.3 Å². The number of nitrogens with zero attached hydrogens (tertiary/aromatic N) is 2. The number of benzene rings is 1. The Morgan fingerprint density at radius 1 is 1.28 bits per heavy atom. The molecule has 2 aromatic rings. The first-order chi connectivity index (χ1) is 8.77. The monoisotopic (exact) mass is 245 g/mol. The van der Waals surface area contributed by atoms with Gasteiger partial charge in [0.2, 0.25) is 0 Å². The average molecular weight is 245 g/mol. The summed E-state index contributed by atoms with van der Waals surface area (Å²) in [5, 5.41) is 12.4. The minimum atomic E-state index is 0.522. The van der Waals surface area contributed by atoms with E-state index < -0.39 is 0 Å². The van der Waals surface area contributed by atoms with Crippen molar-refractivity contribution in [1.82, 2.24) is 15.5 Å². The highest BCUT2D eigenvalue weighted by molar-refractivity contribution is 5.83. The molecule has 0 aliphatic rings. The van der Waals surface area contributed by atoms with Crippen LogP contribution in [0.25, 0.3) is 10.9 Å². The van der Waals surface area contributed by atoms with E-state index in [9.17, 15) is 0 Å². The van der Waals surface area contributed by atoms with E-state index in [4.69, 9.17) is 4.74 Å². The molecule has 0 unspecified atom stereocenters. The number of rotatable bonds is 6. The van der Waals surface area contributed by atoms with Crippen molar-refractivity contribution in [2.45, 2.75) is 26.3 Å². The van der Waals surface area contributed by atoms with Crippen LogP contribution in [-0.2, 0) is 0 Å². The third kappa shape index (κ3) is 3.40. The third-order valence-corrected chi connectivity index (χ3v) is 2.64. The minimum absolute atomic E-state index is 0.522. The summed E-state index contributed by atoms with van der Waals surface area (Å²) < 4.78 is 5.76. The zero-order valence-electron chi connectivity index (χ0n) is 10.9. The van der Waals surface area contributed by atoms with E-state index in [1.165, 1.54) is 0 Å². The Morgan fingerprint density at radius 2 is 2.11 bits per heavy atom. The smallest absolute Gasteiger partial charge is 0.148 e. The van der Waals surface area contributed by atoms with Gasteiger partial charge in [-0.3, -0.25) is 0 Å². The molecule has 0 aliphatic heterocycles. The topological polar surface area (TPSA) is 47.0 Å². The Hall–Kier alpha value is -1.68. The first-order valence-corrected chi connectivity index (χ1v) is 6.34. The SMILES string of the molecule is CC(C)NCCCOc1cnnc2ccccc12. The molecular weight excluding hydrogens is 226 g/mol. The van der Waals surface area contributed by atoms with Gasteiger partial charge in [0.1, 0.15) is 5.75 Å². The van der Waals surface area contributed by atoms with E-state index in [0.717, 1.165) is 29.6 Å². The Bertz CT molecular complexity index is 494.